The number of aliphatic hydroxyl groups excluding tert-OH is 1. The van der Waals surface area contributed by atoms with Gasteiger partial charge in [-0.05, 0) is 24.1 Å². The second kappa shape index (κ2) is 7.00. The third-order valence-electron chi connectivity index (χ3n) is 3.52. The molecule has 4 nitrogen and oxygen atoms in total. The van der Waals surface area contributed by atoms with Crippen molar-refractivity contribution in [3.8, 4) is 0 Å². The van der Waals surface area contributed by atoms with Crippen molar-refractivity contribution in [1.82, 2.24) is 4.31 Å². The average Bonchev–Trinajstić information content (AvgIpc) is 2.53. The molecule has 1 N–H and O–H groups in total. The molecule has 1 atom stereocenters. The zero-order valence-electron chi connectivity index (χ0n) is 12.2. The van der Waals surface area contributed by atoms with Crippen LogP contribution in [0.15, 0.2) is 59.5 Å². The molecule has 0 aliphatic carbocycles. The Bertz CT molecular complexity index is 719. The highest BCUT2D eigenvalue weighted by atomic mass is 32.2. The van der Waals surface area contributed by atoms with Crippen LogP contribution in [0.1, 0.15) is 18.0 Å². The highest BCUT2D eigenvalue weighted by Crippen LogP contribution is 2.29. The average molecular weight is 323 g/mol. The van der Waals surface area contributed by atoms with Gasteiger partial charge in [0.25, 0.3) is 0 Å². The second-order valence-corrected chi connectivity index (χ2v) is 6.86. The van der Waals surface area contributed by atoms with E-state index in [1.807, 2.05) is 6.07 Å². The number of nitrogens with zero attached hydrogens (tertiary/aromatic N) is 1. The summed E-state index contributed by atoms with van der Waals surface area (Å²) in [5, 5.41) is 9.24. The molecule has 6 heteroatoms. The van der Waals surface area contributed by atoms with Crippen LogP contribution in [-0.4, -0.2) is 31.5 Å². The number of hydrogen-bond acceptors (Lipinski definition) is 3. The fourth-order valence-corrected chi connectivity index (χ4v) is 3.77. The molecule has 0 aromatic heterocycles. The van der Waals surface area contributed by atoms with Crippen LogP contribution < -0.4 is 0 Å². The first kappa shape index (κ1) is 16.6. The van der Waals surface area contributed by atoms with E-state index in [2.05, 4.69) is 0 Å². The number of benzene rings is 2. The predicted octanol–water partition coefficient (Wildman–Crippen LogP) is 2.57. The lowest BCUT2D eigenvalue weighted by Gasteiger charge is -2.27. The SMILES string of the molecule is CN(C(CCO)c1ccccc1)S(=O)(=O)c1ccccc1F. The van der Waals surface area contributed by atoms with Crippen LogP contribution in [0.25, 0.3) is 0 Å². The molecule has 0 fully saturated rings. The third-order valence-corrected chi connectivity index (χ3v) is 5.42. The fourth-order valence-electron chi connectivity index (χ4n) is 2.33. The number of sulfonamides is 1. The van der Waals surface area contributed by atoms with Gasteiger partial charge in [-0.1, -0.05) is 42.5 Å². The maximum absolute atomic E-state index is 13.8. The highest BCUT2D eigenvalue weighted by Gasteiger charge is 2.30. The maximum Gasteiger partial charge on any atom is 0.246 e. The van der Waals surface area contributed by atoms with Gasteiger partial charge in [0.15, 0.2) is 0 Å². The summed E-state index contributed by atoms with van der Waals surface area (Å²) < 4.78 is 40.2. The molecule has 2 aromatic rings. The van der Waals surface area contributed by atoms with E-state index in [9.17, 15) is 17.9 Å². The van der Waals surface area contributed by atoms with E-state index in [0.29, 0.717) is 0 Å². The number of halogens is 1. The normalized spacial score (nSPS) is 13.3. The zero-order chi connectivity index (χ0) is 16.2. The van der Waals surface area contributed by atoms with E-state index in [1.54, 1.807) is 24.3 Å². The lowest BCUT2D eigenvalue weighted by Crippen LogP contribution is -2.32. The van der Waals surface area contributed by atoms with E-state index >= 15 is 0 Å². The van der Waals surface area contributed by atoms with E-state index in [1.165, 1.54) is 25.2 Å². The lowest BCUT2D eigenvalue weighted by molar-refractivity contribution is 0.240. The summed E-state index contributed by atoms with van der Waals surface area (Å²) in [6.45, 7) is -0.170. The Morgan fingerprint density at radius 2 is 1.68 bits per heavy atom. The Kier molecular flexibility index (Phi) is 5.28. The third kappa shape index (κ3) is 3.35. The quantitative estimate of drug-likeness (QED) is 0.889. The fraction of sp³-hybridized carbons (Fsp3) is 0.250. The summed E-state index contributed by atoms with van der Waals surface area (Å²) >= 11 is 0. The van der Waals surface area contributed by atoms with Gasteiger partial charge >= 0.3 is 0 Å². The minimum absolute atomic E-state index is 0.170. The molecule has 0 heterocycles. The molecule has 2 aromatic carbocycles. The van der Waals surface area contributed by atoms with Crippen molar-refractivity contribution in [3.63, 3.8) is 0 Å². The molecule has 1 unspecified atom stereocenters. The largest absolute Gasteiger partial charge is 0.396 e. The van der Waals surface area contributed by atoms with E-state index in [-0.39, 0.29) is 17.9 Å². The summed E-state index contributed by atoms with van der Waals surface area (Å²) in [4.78, 5) is -0.364. The second-order valence-electron chi connectivity index (χ2n) is 4.89. The highest BCUT2D eigenvalue weighted by molar-refractivity contribution is 7.89. The Morgan fingerprint density at radius 1 is 1.09 bits per heavy atom. The Hall–Kier alpha value is -1.76. The molecule has 0 amide bonds. The molecule has 0 radical (unpaired) electrons. The molecule has 0 aliphatic heterocycles. The monoisotopic (exact) mass is 323 g/mol. The summed E-state index contributed by atoms with van der Waals surface area (Å²) in [6.07, 6.45) is 0.230. The van der Waals surface area contributed by atoms with Crippen LogP contribution in [0, 0.1) is 5.82 Å². The standard InChI is InChI=1S/C16H18FNO3S/c1-18(15(11-12-19)13-7-3-2-4-8-13)22(20,21)16-10-6-5-9-14(16)17/h2-10,15,19H,11-12H2,1H3. The van der Waals surface area contributed by atoms with Crippen molar-refractivity contribution >= 4 is 10.0 Å². The lowest BCUT2D eigenvalue weighted by atomic mass is 10.0. The Balaban J connectivity index is 2.43. The van der Waals surface area contributed by atoms with Crippen LogP contribution in [0.3, 0.4) is 0 Å². The number of rotatable bonds is 6. The zero-order valence-corrected chi connectivity index (χ0v) is 13.0. The van der Waals surface area contributed by atoms with Crippen molar-refractivity contribution in [2.24, 2.45) is 0 Å². The first-order valence-corrected chi connectivity index (χ1v) is 8.31. The van der Waals surface area contributed by atoms with Crippen molar-refractivity contribution in [3.05, 3.63) is 66.0 Å². The summed E-state index contributed by atoms with van der Waals surface area (Å²) in [5.41, 5.74) is 0.749. The first-order valence-electron chi connectivity index (χ1n) is 6.87. The molecule has 0 saturated carbocycles. The molecule has 2 rings (SSSR count). The topological polar surface area (TPSA) is 57.6 Å². The number of hydrogen-bond donors (Lipinski definition) is 1. The van der Waals surface area contributed by atoms with Crippen LogP contribution in [0.4, 0.5) is 4.39 Å². The van der Waals surface area contributed by atoms with E-state index < -0.39 is 21.9 Å². The molecular weight excluding hydrogens is 305 g/mol. The van der Waals surface area contributed by atoms with Gasteiger partial charge in [-0.2, -0.15) is 4.31 Å². The minimum Gasteiger partial charge on any atom is -0.396 e. The van der Waals surface area contributed by atoms with Crippen molar-refractivity contribution < 1.29 is 17.9 Å². The van der Waals surface area contributed by atoms with Crippen LogP contribution in [-0.2, 0) is 10.0 Å². The maximum atomic E-state index is 13.8. The van der Waals surface area contributed by atoms with E-state index in [4.69, 9.17) is 0 Å². The van der Waals surface area contributed by atoms with Gasteiger partial charge in [0.1, 0.15) is 10.7 Å². The van der Waals surface area contributed by atoms with Gasteiger partial charge < -0.3 is 5.11 Å². The van der Waals surface area contributed by atoms with Gasteiger partial charge in [-0.25, -0.2) is 12.8 Å². The number of aliphatic hydroxyl groups is 1. The van der Waals surface area contributed by atoms with E-state index in [0.717, 1.165) is 15.9 Å². The van der Waals surface area contributed by atoms with Gasteiger partial charge in [0, 0.05) is 13.7 Å². The molecular formula is C16H18FNO3S. The van der Waals surface area contributed by atoms with Gasteiger partial charge in [0.2, 0.25) is 10.0 Å². The Labute approximate surface area is 129 Å². The van der Waals surface area contributed by atoms with Crippen molar-refractivity contribution in [1.29, 1.82) is 0 Å². The smallest absolute Gasteiger partial charge is 0.246 e. The molecule has 0 spiro atoms. The van der Waals surface area contributed by atoms with Crippen LogP contribution in [0.2, 0.25) is 0 Å². The van der Waals surface area contributed by atoms with Crippen molar-refractivity contribution in [2.75, 3.05) is 13.7 Å². The molecule has 0 bridgehead atoms. The van der Waals surface area contributed by atoms with Crippen LogP contribution >= 0.6 is 0 Å². The molecule has 22 heavy (non-hydrogen) atoms. The summed E-state index contributed by atoms with van der Waals surface area (Å²) in [7, 11) is -2.59. The summed E-state index contributed by atoms with van der Waals surface area (Å²) in [6, 6.07) is 13.7. The Morgan fingerprint density at radius 3 is 2.27 bits per heavy atom. The predicted molar refractivity (Wildman–Crippen MR) is 82.2 cm³/mol. The van der Waals surface area contributed by atoms with Crippen molar-refractivity contribution in [2.45, 2.75) is 17.4 Å². The molecule has 0 aliphatic rings. The minimum atomic E-state index is -3.99. The van der Waals surface area contributed by atoms with Gasteiger partial charge in [-0.3, -0.25) is 0 Å². The molecule has 0 saturated heterocycles. The van der Waals surface area contributed by atoms with Gasteiger partial charge in [0.05, 0.1) is 6.04 Å². The molecule has 118 valence electrons. The van der Waals surface area contributed by atoms with Crippen LogP contribution in [0.5, 0.6) is 0 Å². The summed E-state index contributed by atoms with van der Waals surface area (Å²) in [5.74, 6) is -0.787. The first-order chi connectivity index (χ1) is 10.5. The van der Waals surface area contributed by atoms with Gasteiger partial charge in [-0.15, -0.1) is 0 Å².